The number of aromatic hydroxyl groups is 1. The summed E-state index contributed by atoms with van der Waals surface area (Å²) in [6.45, 7) is 3.93. The molecule has 1 aliphatic heterocycles. The number of aromatic nitrogens is 2. The first-order chi connectivity index (χ1) is 8.15. The van der Waals surface area contributed by atoms with E-state index in [0.717, 1.165) is 6.42 Å². The minimum Gasteiger partial charge on any atom is -0.501 e. The van der Waals surface area contributed by atoms with E-state index in [-0.39, 0.29) is 12.3 Å². The van der Waals surface area contributed by atoms with Crippen LogP contribution >= 0.6 is 0 Å². The number of carbonyl (C=O) groups is 1. The smallest absolute Gasteiger partial charge is 0.361 e. The van der Waals surface area contributed by atoms with Crippen LogP contribution in [0.3, 0.4) is 0 Å². The normalized spacial score (nSPS) is 13.2. The number of hydrogen-bond acceptors (Lipinski definition) is 5. The Kier molecular flexibility index (Phi) is 2.95. The maximum atomic E-state index is 11.7. The van der Waals surface area contributed by atoms with Gasteiger partial charge in [-0.15, -0.1) is 0 Å². The van der Waals surface area contributed by atoms with Gasteiger partial charge >= 0.3 is 5.97 Å². The van der Waals surface area contributed by atoms with E-state index in [2.05, 4.69) is 11.6 Å². The topological polar surface area (TPSA) is 81.4 Å². The fraction of sp³-hybridized carbons (Fsp3) is 0.364. The minimum atomic E-state index is -0.810. The molecule has 1 aliphatic rings. The highest BCUT2D eigenvalue weighted by Gasteiger charge is 2.24. The third-order valence-electron chi connectivity index (χ3n) is 2.53. The number of aryl methyl sites for hydroxylation is 1. The first-order valence-electron chi connectivity index (χ1n) is 5.26. The fourth-order valence-electron chi connectivity index (χ4n) is 1.75. The highest BCUT2D eigenvalue weighted by Crippen LogP contribution is 2.16. The van der Waals surface area contributed by atoms with E-state index < -0.39 is 17.3 Å². The number of esters is 1. The Bertz CT molecular complexity index is 533. The van der Waals surface area contributed by atoms with Crippen molar-refractivity contribution in [3.05, 3.63) is 34.5 Å². The molecule has 1 aromatic heterocycles. The molecule has 17 heavy (non-hydrogen) atoms. The van der Waals surface area contributed by atoms with Crippen molar-refractivity contribution >= 4 is 5.97 Å². The van der Waals surface area contributed by atoms with Crippen LogP contribution in [0.5, 0.6) is 5.75 Å². The minimum absolute atomic E-state index is 0.0123. The third-order valence-corrected chi connectivity index (χ3v) is 2.53. The van der Waals surface area contributed by atoms with Crippen molar-refractivity contribution in [1.82, 2.24) is 9.55 Å². The molecule has 0 aromatic carbocycles. The predicted octanol–water partition coefficient (Wildman–Crippen LogP) is 0.238. The predicted molar refractivity (Wildman–Crippen MR) is 59.0 cm³/mol. The third kappa shape index (κ3) is 1.93. The zero-order valence-corrected chi connectivity index (χ0v) is 9.18. The van der Waals surface area contributed by atoms with Crippen molar-refractivity contribution < 1.29 is 14.6 Å². The molecule has 0 atom stereocenters. The second kappa shape index (κ2) is 4.40. The average Bonchev–Trinajstić information content (AvgIpc) is 2.79. The summed E-state index contributed by atoms with van der Waals surface area (Å²) in [5.41, 5.74) is -0.900. The molecule has 2 heterocycles. The first-order valence-corrected chi connectivity index (χ1v) is 5.26. The standard InChI is InChI=1S/C11H12N2O4/c1-2-6-17-11(16)8-9(14)10(15)13-5-3-4-7(13)12-8/h2,14H,1,3-6H2. The highest BCUT2D eigenvalue weighted by atomic mass is 16.5. The Hall–Kier alpha value is -2.11. The van der Waals surface area contributed by atoms with E-state index in [9.17, 15) is 14.7 Å². The molecule has 1 N–H and O–H groups in total. The summed E-state index contributed by atoms with van der Waals surface area (Å²) < 4.78 is 6.12. The van der Waals surface area contributed by atoms with Gasteiger partial charge in [-0.3, -0.25) is 9.36 Å². The van der Waals surface area contributed by atoms with E-state index in [1.54, 1.807) is 0 Å². The maximum absolute atomic E-state index is 11.7. The molecule has 2 rings (SSSR count). The molecule has 0 saturated carbocycles. The largest absolute Gasteiger partial charge is 0.501 e. The van der Waals surface area contributed by atoms with Crippen molar-refractivity contribution in [2.45, 2.75) is 19.4 Å². The van der Waals surface area contributed by atoms with E-state index >= 15 is 0 Å². The van der Waals surface area contributed by atoms with Crippen molar-refractivity contribution in [3.8, 4) is 5.75 Å². The van der Waals surface area contributed by atoms with Crippen LogP contribution in [0.25, 0.3) is 0 Å². The summed E-state index contributed by atoms with van der Waals surface area (Å²) in [5, 5.41) is 9.61. The SMILES string of the molecule is C=CCOC(=O)c1nc2n(c(=O)c1O)CCC2. The van der Waals surface area contributed by atoms with Crippen LogP contribution in [0.15, 0.2) is 17.4 Å². The van der Waals surface area contributed by atoms with Crippen LogP contribution in [-0.2, 0) is 17.7 Å². The van der Waals surface area contributed by atoms with Crippen molar-refractivity contribution in [1.29, 1.82) is 0 Å². The average molecular weight is 236 g/mol. The van der Waals surface area contributed by atoms with Crippen LogP contribution < -0.4 is 5.56 Å². The monoisotopic (exact) mass is 236 g/mol. The Morgan fingerprint density at radius 1 is 1.65 bits per heavy atom. The molecule has 0 radical (unpaired) electrons. The lowest BCUT2D eigenvalue weighted by atomic mass is 10.3. The number of carbonyl (C=O) groups excluding carboxylic acids is 1. The van der Waals surface area contributed by atoms with Gasteiger partial charge in [-0.25, -0.2) is 9.78 Å². The van der Waals surface area contributed by atoms with Gasteiger partial charge in [-0.2, -0.15) is 0 Å². The summed E-state index contributed by atoms with van der Waals surface area (Å²) in [7, 11) is 0. The molecule has 90 valence electrons. The molecule has 0 amide bonds. The Morgan fingerprint density at radius 2 is 2.41 bits per heavy atom. The van der Waals surface area contributed by atoms with Crippen LogP contribution in [0.1, 0.15) is 22.7 Å². The summed E-state index contributed by atoms with van der Waals surface area (Å²) >= 11 is 0. The number of ether oxygens (including phenoxy) is 1. The van der Waals surface area contributed by atoms with Gasteiger partial charge in [-0.1, -0.05) is 12.7 Å². The molecule has 6 heteroatoms. The maximum Gasteiger partial charge on any atom is 0.361 e. The molecule has 0 bridgehead atoms. The molecule has 1 aromatic rings. The van der Waals surface area contributed by atoms with Crippen LogP contribution in [0.2, 0.25) is 0 Å². The Balaban J connectivity index is 2.42. The molecule has 0 saturated heterocycles. The lowest BCUT2D eigenvalue weighted by molar-refractivity contribution is 0.0538. The number of hydrogen-bond donors (Lipinski definition) is 1. The van der Waals surface area contributed by atoms with Gasteiger partial charge in [0.25, 0.3) is 5.56 Å². The van der Waals surface area contributed by atoms with Gasteiger partial charge < -0.3 is 9.84 Å². The van der Waals surface area contributed by atoms with Crippen LogP contribution in [0, 0.1) is 0 Å². The van der Waals surface area contributed by atoms with E-state index in [1.165, 1.54) is 10.6 Å². The summed E-state index contributed by atoms with van der Waals surface area (Å²) in [5.74, 6) is -0.946. The summed E-state index contributed by atoms with van der Waals surface area (Å²) in [6.07, 6.45) is 2.80. The molecule has 0 unspecified atom stereocenters. The van der Waals surface area contributed by atoms with Crippen LogP contribution in [0.4, 0.5) is 0 Å². The lowest BCUT2D eigenvalue weighted by Gasteiger charge is -2.07. The van der Waals surface area contributed by atoms with Gasteiger partial charge in [0, 0.05) is 13.0 Å². The highest BCUT2D eigenvalue weighted by molar-refractivity contribution is 5.90. The summed E-state index contributed by atoms with van der Waals surface area (Å²) in [6, 6.07) is 0. The van der Waals surface area contributed by atoms with Crippen molar-refractivity contribution in [2.75, 3.05) is 6.61 Å². The fourth-order valence-corrected chi connectivity index (χ4v) is 1.75. The summed E-state index contributed by atoms with van der Waals surface area (Å²) in [4.78, 5) is 27.2. The van der Waals surface area contributed by atoms with Gasteiger partial charge in [0.15, 0.2) is 5.69 Å². The van der Waals surface area contributed by atoms with Gasteiger partial charge in [0.1, 0.15) is 12.4 Å². The first kappa shape index (κ1) is 11.4. The zero-order valence-electron chi connectivity index (χ0n) is 9.18. The number of rotatable bonds is 3. The second-order valence-electron chi connectivity index (χ2n) is 3.67. The van der Waals surface area contributed by atoms with E-state index in [4.69, 9.17) is 4.74 Å². The van der Waals surface area contributed by atoms with Crippen molar-refractivity contribution in [2.24, 2.45) is 0 Å². The lowest BCUT2D eigenvalue weighted by Crippen LogP contribution is -2.24. The molecule has 0 fully saturated rings. The number of fused-ring (bicyclic) bond motifs is 1. The molecule has 6 nitrogen and oxygen atoms in total. The van der Waals surface area contributed by atoms with Gasteiger partial charge in [0.05, 0.1) is 0 Å². The zero-order chi connectivity index (χ0) is 12.4. The van der Waals surface area contributed by atoms with E-state index in [0.29, 0.717) is 18.8 Å². The van der Waals surface area contributed by atoms with Gasteiger partial charge in [0.2, 0.25) is 5.75 Å². The second-order valence-corrected chi connectivity index (χ2v) is 3.67. The quantitative estimate of drug-likeness (QED) is 0.600. The Labute approximate surface area is 97.2 Å². The Morgan fingerprint density at radius 3 is 3.12 bits per heavy atom. The van der Waals surface area contributed by atoms with E-state index in [1.807, 2.05) is 0 Å². The molecular formula is C11H12N2O4. The molecule has 0 aliphatic carbocycles. The van der Waals surface area contributed by atoms with Crippen LogP contribution in [-0.4, -0.2) is 27.2 Å². The molecule has 0 spiro atoms. The van der Waals surface area contributed by atoms with Gasteiger partial charge in [-0.05, 0) is 6.42 Å². The number of nitrogens with zero attached hydrogens (tertiary/aromatic N) is 2. The van der Waals surface area contributed by atoms with Crippen molar-refractivity contribution in [3.63, 3.8) is 0 Å². The molecular weight excluding hydrogens is 224 g/mol.